The third-order valence-corrected chi connectivity index (χ3v) is 2.70. The molecule has 0 aromatic carbocycles. The van der Waals surface area contributed by atoms with E-state index in [0.29, 0.717) is 12.2 Å². The van der Waals surface area contributed by atoms with Crippen molar-refractivity contribution >= 4 is 0 Å². The summed E-state index contributed by atoms with van der Waals surface area (Å²) in [6.07, 6.45) is 0.583. The van der Waals surface area contributed by atoms with Gasteiger partial charge in [0.05, 0.1) is 0 Å². The number of likely N-dealkylation sites (tertiary alicyclic amines) is 1. The molecule has 0 aromatic rings. The van der Waals surface area contributed by atoms with Gasteiger partial charge in [0, 0.05) is 18.5 Å². The van der Waals surface area contributed by atoms with E-state index in [9.17, 15) is 0 Å². The summed E-state index contributed by atoms with van der Waals surface area (Å²) in [6, 6.07) is 0. The normalized spacial score (nSPS) is 41.1. The van der Waals surface area contributed by atoms with Gasteiger partial charge in [-0.2, -0.15) is 0 Å². The predicted octanol–water partition coefficient (Wildman–Crippen LogP) is 1.09. The van der Waals surface area contributed by atoms with Crippen LogP contribution < -0.4 is 0 Å². The van der Waals surface area contributed by atoms with Crippen LogP contribution in [0.4, 0.5) is 0 Å². The SMILES string of the molecule is CN1CC2OC(C(C)(C)C)OC2C1. The Labute approximate surface area is 80.0 Å². The van der Waals surface area contributed by atoms with Gasteiger partial charge in [0.2, 0.25) is 0 Å². The summed E-state index contributed by atoms with van der Waals surface area (Å²) >= 11 is 0. The summed E-state index contributed by atoms with van der Waals surface area (Å²) in [4.78, 5) is 2.26. The van der Waals surface area contributed by atoms with Gasteiger partial charge in [0.15, 0.2) is 6.29 Å². The Morgan fingerprint density at radius 3 is 1.92 bits per heavy atom. The molecule has 76 valence electrons. The van der Waals surface area contributed by atoms with E-state index < -0.39 is 0 Å². The number of hydrogen-bond donors (Lipinski definition) is 0. The van der Waals surface area contributed by atoms with Crippen LogP contribution in [0.5, 0.6) is 0 Å². The highest BCUT2D eigenvalue weighted by atomic mass is 16.7. The number of hydrogen-bond acceptors (Lipinski definition) is 3. The number of rotatable bonds is 0. The molecule has 2 rings (SSSR count). The molecular formula is C10H19NO2. The van der Waals surface area contributed by atoms with Gasteiger partial charge in [-0.3, -0.25) is 0 Å². The fraction of sp³-hybridized carbons (Fsp3) is 1.00. The lowest BCUT2D eigenvalue weighted by atomic mass is 9.96. The quantitative estimate of drug-likeness (QED) is 0.564. The van der Waals surface area contributed by atoms with Crippen molar-refractivity contribution in [3.8, 4) is 0 Å². The molecule has 0 spiro atoms. The second-order valence-corrected chi connectivity index (χ2v) is 5.27. The maximum absolute atomic E-state index is 5.86. The Morgan fingerprint density at radius 2 is 1.54 bits per heavy atom. The van der Waals surface area contributed by atoms with Crippen LogP contribution in [0.1, 0.15) is 20.8 Å². The van der Waals surface area contributed by atoms with Crippen LogP contribution >= 0.6 is 0 Å². The molecule has 0 radical (unpaired) electrons. The van der Waals surface area contributed by atoms with Crippen molar-refractivity contribution in [3.05, 3.63) is 0 Å². The van der Waals surface area contributed by atoms with Crippen molar-refractivity contribution < 1.29 is 9.47 Å². The Hall–Kier alpha value is -0.120. The van der Waals surface area contributed by atoms with Crippen LogP contribution in [-0.4, -0.2) is 43.5 Å². The van der Waals surface area contributed by atoms with E-state index in [0.717, 1.165) is 13.1 Å². The molecule has 0 N–H and O–H groups in total. The molecule has 0 bridgehead atoms. The minimum Gasteiger partial charge on any atom is -0.345 e. The van der Waals surface area contributed by atoms with Crippen LogP contribution in [0.3, 0.4) is 0 Å². The molecule has 0 aliphatic carbocycles. The third-order valence-electron chi connectivity index (χ3n) is 2.70. The van der Waals surface area contributed by atoms with E-state index in [1.807, 2.05) is 0 Å². The van der Waals surface area contributed by atoms with Gasteiger partial charge in [-0.15, -0.1) is 0 Å². The molecule has 2 unspecified atom stereocenters. The molecule has 0 amide bonds. The van der Waals surface area contributed by atoms with Gasteiger partial charge in [0.1, 0.15) is 12.2 Å². The topological polar surface area (TPSA) is 21.7 Å². The molecule has 3 nitrogen and oxygen atoms in total. The van der Waals surface area contributed by atoms with Crippen LogP contribution in [-0.2, 0) is 9.47 Å². The van der Waals surface area contributed by atoms with Crippen LogP contribution in [0.25, 0.3) is 0 Å². The van der Waals surface area contributed by atoms with Gasteiger partial charge >= 0.3 is 0 Å². The van der Waals surface area contributed by atoms with E-state index in [4.69, 9.17) is 9.47 Å². The fourth-order valence-electron chi connectivity index (χ4n) is 1.94. The molecular weight excluding hydrogens is 166 g/mol. The molecule has 3 heteroatoms. The monoisotopic (exact) mass is 185 g/mol. The van der Waals surface area contributed by atoms with Crippen molar-refractivity contribution in [1.82, 2.24) is 4.90 Å². The average Bonchev–Trinajstić information content (AvgIpc) is 2.40. The highest BCUT2D eigenvalue weighted by Crippen LogP contribution is 2.34. The van der Waals surface area contributed by atoms with Gasteiger partial charge in [-0.05, 0) is 7.05 Å². The Balaban J connectivity index is 1.98. The minimum absolute atomic E-state index is 0.0174. The molecule has 2 saturated heterocycles. The van der Waals surface area contributed by atoms with Gasteiger partial charge in [0.25, 0.3) is 0 Å². The van der Waals surface area contributed by atoms with Gasteiger partial charge < -0.3 is 14.4 Å². The average molecular weight is 185 g/mol. The standard InChI is InChI=1S/C10H19NO2/c1-10(2,3)9-12-7-5-11(4)6-8(7)13-9/h7-9H,5-6H2,1-4H3. The van der Waals surface area contributed by atoms with Crippen LogP contribution in [0.2, 0.25) is 0 Å². The van der Waals surface area contributed by atoms with E-state index in [2.05, 4.69) is 32.7 Å². The first-order valence-electron chi connectivity index (χ1n) is 4.96. The number of fused-ring (bicyclic) bond motifs is 1. The minimum atomic E-state index is -0.0174. The lowest BCUT2D eigenvalue weighted by Gasteiger charge is -2.26. The first-order chi connectivity index (χ1) is 5.97. The fourth-order valence-corrected chi connectivity index (χ4v) is 1.94. The lowest BCUT2D eigenvalue weighted by Crippen LogP contribution is -2.31. The van der Waals surface area contributed by atoms with Crippen LogP contribution in [0, 0.1) is 5.41 Å². The zero-order valence-electron chi connectivity index (χ0n) is 8.91. The summed E-state index contributed by atoms with van der Waals surface area (Å²) in [5, 5.41) is 0. The summed E-state index contributed by atoms with van der Waals surface area (Å²) in [5.41, 5.74) is 0.100. The van der Waals surface area contributed by atoms with Gasteiger partial charge in [-0.25, -0.2) is 0 Å². The second-order valence-electron chi connectivity index (χ2n) is 5.27. The molecule has 0 aromatic heterocycles. The van der Waals surface area contributed by atoms with E-state index in [-0.39, 0.29) is 11.7 Å². The molecule has 0 saturated carbocycles. The molecule has 2 aliphatic heterocycles. The van der Waals surface area contributed by atoms with Crippen molar-refractivity contribution in [2.45, 2.75) is 39.3 Å². The molecule has 2 fully saturated rings. The Kier molecular flexibility index (Phi) is 2.13. The van der Waals surface area contributed by atoms with E-state index >= 15 is 0 Å². The summed E-state index contributed by atoms with van der Waals surface area (Å²) < 4.78 is 11.7. The molecule has 2 heterocycles. The number of likely N-dealkylation sites (N-methyl/N-ethyl adjacent to an activating group) is 1. The zero-order chi connectivity index (χ0) is 9.64. The first-order valence-corrected chi connectivity index (χ1v) is 4.96. The third kappa shape index (κ3) is 1.73. The molecule has 2 atom stereocenters. The maximum Gasteiger partial charge on any atom is 0.163 e. The lowest BCUT2D eigenvalue weighted by molar-refractivity contribution is -0.139. The van der Waals surface area contributed by atoms with Crippen molar-refractivity contribution in [2.24, 2.45) is 5.41 Å². The summed E-state index contributed by atoms with van der Waals surface area (Å²) in [5.74, 6) is 0. The molecule has 13 heavy (non-hydrogen) atoms. The largest absolute Gasteiger partial charge is 0.345 e. The second kappa shape index (κ2) is 2.94. The van der Waals surface area contributed by atoms with Crippen LogP contribution in [0.15, 0.2) is 0 Å². The van der Waals surface area contributed by atoms with Gasteiger partial charge in [-0.1, -0.05) is 20.8 Å². The number of nitrogens with zero attached hydrogens (tertiary/aromatic N) is 1. The van der Waals surface area contributed by atoms with Crippen molar-refractivity contribution in [2.75, 3.05) is 20.1 Å². The summed E-state index contributed by atoms with van der Waals surface area (Å²) in [6.45, 7) is 8.49. The maximum atomic E-state index is 5.86. The smallest absolute Gasteiger partial charge is 0.163 e. The predicted molar refractivity (Wildman–Crippen MR) is 50.5 cm³/mol. The van der Waals surface area contributed by atoms with Crippen molar-refractivity contribution in [1.29, 1.82) is 0 Å². The van der Waals surface area contributed by atoms with E-state index in [1.54, 1.807) is 0 Å². The Bertz CT molecular complexity index is 186. The Morgan fingerprint density at radius 1 is 1.08 bits per heavy atom. The van der Waals surface area contributed by atoms with Crippen molar-refractivity contribution in [3.63, 3.8) is 0 Å². The molecule has 2 aliphatic rings. The number of ether oxygens (including phenoxy) is 2. The van der Waals surface area contributed by atoms with E-state index in [1.165, 1.54) is 0 Å². The highest BCUT2D eigenvalue weighted by molar-refractivity contribution is 4.90. The zero-order valence-corrected chi connectivity index (χ0v) is 8.91. The summed E-state index contributed by atoms with van der Waals surface area (Å²) in [7, 11) is 2.11. The highest BCUT2D eigenvalue weighted by Gasteiger charge is 2.45. The first kappa shape index (κ1) is 9.44.